The summed E-state index contributed by atoms with van der Waals surface area (Å²) >= 11 is 11.9. The van der Waals surface area contributed by atoms with Crippen LogP contribution in [0.5, 0.6) is 0 Å². The molecule has 4 nitrogen and oxygen atoms in total. The molecule has 0 unspecified atom stereocenters. The van der Waals surface area contributed by atoms with Crippen LogP contribution in [-0.2, 0) is 11.3 Å². The highest BCUT2D eigenvalue weighted by Gasteiger charge is 2.18. The average Bonchev–Trinajstić information content (AvgIpc) is 3.04. The number of carbonyl (C=O) groups is 1. The van der Waals surface area contributed by atoms with Crippen LogP contribution in [0.1, 0.15) is 16.1 Å². The third-order valence-corrected chi connectivity index (χ3v) is 3.98. The molecule has 0 spiro atoms. The van der Waals surface area contributed by atoms with Crippen molar-refractivity contribution < 1.29 is 13.9 Å². The Bertz CT molecular complexity index is 820. The van der Waals surface area contributed by atoms with Gasteiger partial charge in [0.1, 0.15) is 5.69 Å². The van der Waals surface area contributed by atoms with E-state index in [1.807, 2.05) is 10.6 Å². The molecule has 0 radical (unpaired) electrons. The molecule has 108 valence electrons. The quantitative estimate of drug-likeness (QED) is 0.672. The molecule has 0 saturated carbocycles. The first kappa shape index (κ1) is 14.0. The summed E-state index contributed by atoms with van der Waals surface area (Å²) in [5.74, 6) is -0.415. The number of rotatable bonds is 3. The Labute approximate surface area is 130 Å². The lowest BCUT2D eigenvalue weighted by Crippen LogP contribution is -2.11. The van der Waals surface area contributed by atoms with Crippen molar-refractivity contribution in [2.45, 2.75) is 6.54 Å². The van der Waals surface area contributed by atoms with Crippen molar-refractivity contribution in [1.82, 2.24) is 4.57 Å². The minimum Gasteiger partial charge on any atom is -0.464 e. The van der Waals surface area contributed by atoms with Gasteiger partial charge in [-0.2, -0.15) is 0 Å². The number of fused-ring (bicyclic) bond motifs is 1. The number of hydrogen-bond acceptors (Lipinski definition) is 3. The van der Waals surface area contributed by atoms with Gasteiger partial charge in [-0.05, 0) is 17.7 Å². The highest BCUT2D eigenvalue weighted by Crippen LogP contribution is 2.26. The predicted molar refractivity (Wildman–Crippen MR) is 81.1 cm³/mol. The minimum absolute atomic E-state index is 0.415. The predicted octanol–water partition coefficient (Wildman–Crippen LogP) is 4.38. The molecule has 2 heterocycles. The molecule has 0 aliphatic rings. The molecular weight excluding hydrogens is 313 g/mol. The van der Waals surface area contributed by atoms with Crippen molar-refractivity contribution in [3.05, 3.63) is 57.9 Å². The maximum atomic E-state index is 11.9. The molecule has 0 bridgehead atoms. The summed E-state index contributed by atoms with van der Waals surface area (Å²) in [6.45, 7) is 0.463. The van der Waals surface area contributed by atoms with Crippen LogP contribution in [0.3, 0.4) is 0 Å². The molecule has 0 atom stereocenters. The van der Waals surface area contributed by atoms with E-state index in [4.69, 9.17) is 32.4 Å². The molecule has 1 aromatic carbocycles. The topological polar surface area (TPSA) is 44.4 Å². The molecule has 0 fully saturated rings. The Morgan fingerprint density at radius 3 is 2.76 bits per heavy atom. The second-order valence-electron chi connectivity index (χ2n) is 4.53. The van der Waals surface area contributed by atoms with Gasteiger partial charge in [-0.25, -0.2) is 4.79 Å². The second-order valence-corrected chi connectivity index (χ2v) is 5.34. The zero-order chi connectivity index (χ0) is 15.0. The Balaban J connectivity index is 2.07. The van der Waals surface area contributed by atoms with E-state index in [1.54, 1.807) is 30.5 Å². The molecule has 0 amide bonds. The third-order valence-electron chi connectivity index (χ3n) is 3.24. The van der Waals surface area contributed by atoms with Gasteiger partial charge in [-0.15, -0.1) is 0 Å². The van der Waals surface area contributed by atoms with Gasteiger partial charge in [0, 0.05) is 18.7 Å². The van der Waals surface area contributed by atoms with Crippen LogP contribution in [0.15, 0.2) is 41.0 Å². The van der Waals surface area contributed by atoms with Crippen LogP contribution >= 0.6 is 23.2 Å². The van der Waals surface area contributed by atoms with Gasteiger partial charge in [-0.1, -0.05) is 29.3 Å². The summed E-state index contributed by atoms with van der Waals surface area (Å²) in [7, 11) is 1.35. The summed E-state index contributed by atoms with van der Waals surface area (Å²) < 4.78 is 12.0. The first-order valence-electron chi connectivity index (χ1n) is 6.19. The van der Waals surface area contributed by atoms with E-state index in [9.17, 15) is 4.79 Å². The van der Waals surface area contributed by atoms with Gasteiger partial charge in [0.05, 0.1) is 28.9 Å². The Morgan fingerprint density at radius 1 is 1.24 bits per heavy atom. The van der Waals surface area contributed by atoms with Gasteiger partial charge in [0.25, 0.3) is 0 Å². The lowest BCUT2D eigenvalue weighted by Gasteiger charge is -2.09. The summed E-state index contributed by atoms with van der Waals surface area (Å²) in [5, 5.41) is 0.971. The molecule has 3 aromatic rings. The number of methoxy groups -OCH3 is 1. The number of furan rings is 1. The largest absolute Gasteiger partial charge is 0.464 e. The lowest BCUT2D eigenvalue weighted by molar-refractivity contribution is 0.0589. The van der Waals surface area contributed by atoms with Gasteiger partial charge >= 0.3 is 5.97 Å². The van der Waals surface area contributed by atoms with Crippen LogP contribution < -0.4 is 0 Å². The molecule has 0 N–H and O–H groups in total. The number of esters is 1. The highest BCUT2D eigenvalue weighted by atomic mass is 35.5. The maximum absolute atomic E-state index is 11.9. The SMILES string of the molecule is COC(=O)c1cc2occc2n1Cc1ccc(Cl)c(Cl)c1. The van der Waals surface area contributed by atoms with Gasteiger partial charge in [0.15, 0.2) is 5.58 Å². The second kappa shape index (κ2) is 5.47. The smallest absolute Gasteiger partial charge is 0.354 e. The lowest BCUT2D eigenvalue weighted by atomic mass is 10.2. The molecule has 0 aliphatic carbocycles. The fraction of sp³-hybridized carbons (Fsp3) is 0.133. The van der Waals surface area contributed by atoms with E-state index in [0.29, 0.717) is 27.9 Å². The average molecular weight is 324 g/mol. The summed E-state index contributed by atoms with van der Waals surface area (Å²) in [6.07, 6.45) is 1.58. The minimum atomic E-state index is -0.415. The zero-order valence-corrected chi connectivity index (χ0v) is 12.6. The summed E-state index contributed by atoms with van der Waals surface area (Å²) in [4.78, 5) is 11.9. The molecular formula is C15H11Cl2NO3. The van der Waals surface area contributed by atoms with E-state index in [2.05, 4.69) is 0 Å². The van der Waals surface area contributed by atoms with E-state index >= 15 is 0 Å². The number of nitrogens with zero attached hydrogens (tertiary/aromatic N) is 1. The highest BCUT2D eigenvalue weighted by molar-refractivity contribution is 6.42. The van der Waals surface area contributed by atoms with Crippen molar-refractivity contribution in [3.8, 4) is 0 Å². The van der Waals surface area contributed by atoms with Crippen LogP contribution in [0.25, 0.3) is 11.1 Å². The zero-order valence-electron chi connectivity index (χ0n) is 11.1. The van der Waals surface area contributed by atoms with E-state index in [1.165, 1.54) is 7.11 Å². The molecule has 0 saturated heterocycles. The number of carbonyl (C=O) groups excluding carboxylic acids is 1. The van der Waals surface area contributed by atoms with Crippen molar-refractivity contribution in [3.63, 3.8) is 0 Å². The number of hydrogen-bond donors (Lipinski definition) is 0. The van der Waals surface area contributed by atoms with Gasteiger partial charge in [0.2, 0.25) is 0 Å². The van der Waals surface area contributed by atoms with E-state index in [-0.39, 0.29) is 0 Å². The third kappa shape index (κ3) is 2.52. The standard InChI is InChI=1S/C15H11Cl2NO3/c1-20-15(19)13-7-14-12(4-5-21-14)18(13)8-9-2-3-10(16)11(17)6-9/h2-7H,8H2,1H3. The normalized spacial score (nSPS) is 11.0. The first-order valence-corrected chi connectivity index (χ1v) is 6.94. The Kier molecular flexibility index (Phi) is 3.66. The molecule has 21 heavy (non-hydrogen) atoms. The molecule has 3 rings (SSSR count). The Hall–Kier alpha value is -1.91. The molecule has 6 heteroatoms. The summed E-state index contributed by atoms with van der Waals surface area (Å²) in [6, 6.07) is 8.84. The number of halogens is 2. The van der Waals surface area contributed by atoms with Crippen LogP contribution in [0.2, 0.25) is 10.0 Å². The van der Waals surface area contributed by atoms with Crippen molar-refractivity contribution >= 4 is 40.3 Å². The maximum Gasteiger partial charge on any atom is 0.354 e. The van der Waals surface area contributed by atoms with E-state index < -0.39 is 5.97 Å². The fourth-order valence-corrected chi connectivity index (χ4v) is 2.56. The van der Waals surface area contributed by atoms with Crippen LogP contribution in [0.4, 0.5) is 0 Å². The number of benzene rings is 1. The molecule has 2 aromatic heterocycles. The summed E-state index contributed by atoms with van der Waals surface area (Å²) in [5.41, 5.74) is 2.81. The van der Waals surface area contributed by atoms with Crippen molar-refractivity contribution in [2.75, 3.05) is 7.11 Å². The van der Waals surface area contributed by atoms with Crippen molar-refractivity contribution in [2.24, 2.45) is 0 Å². The monoisotopic (exact) mass is 323 g/mol. The van der Waals surface area contributed by atoms with Crippen LogP contribution in [0, 0.1) is 0 Å². The number of aromatic nitrogens is 1. The fourth-order valence-electron chi connectivity index (χ4n) is 2.24. The van der Waals surface area contributed by atoms with Gasteiger partial charge < -0.3 is 13.7 Å². The van der Waals surface area contributed by atoms with E-state index in [0.717, 1.165) is 11.1 Å². The number of ether oxygens (including phenoxy) is 1. The van der Waals surface area contributed by atoms with Crippen molar-refractivity contribution in [1.29, 1.82) is 0 Å². The Morgan fingerprint density at radius 2 is 2.05 bits per heavy atom. The first-order chi connectivity index (χ1) is 10.1. The molecule has 0 aliphatic heterocycles. The van der Waals surface area contributed by atoms with Gasteiger partial charge in [-0.3, -0.25) is 0 Å². The van der Waals surface area contributed by atoms with Crippen LogP contribution in [-0.4, -0.2) is 17.6 Å².